The Hall–Kier alpha value is -1.75. The molecule has 0 aliphatic carbocycles. The second kappa shape index (κ2) is 4.65. The minimum absolute atomic E-state index is 0.0360. The van der Waals surface area contributed by atoms with Crippen molar-refractivity contribution in [2.75, 3.05) is 7.11 Å². The maximum Gasteiger partial charge on any atom is 0.253 e. The number of nitrogens with one attached hydrogen (secondary N) is 1. The average Bonchev–Trinajstić information content (AvgIpc) is 2.17. The van der Waals surface area contributed by atoms with E-state index in [-0.39, 0.29) is 11.5 Å². The number of hydrogen-bond acceptors (Lipinski definition) is 4. The molecule has 0 aliphatic heterocycles. The van der Waals surface area contributed by atoms with Gasteiger partial charge in [-0.05, 0) is 25.1 Å². The second-order valence-electron chi connectivity index (χ2n) is 3.04. The first kappa shape index (κ1) is 11.3. The fraction of sp³-hybridized carbons (Fsp3) is 0.300. The zero-order valence-corrected chi connectivity index (χ0v) is 8.52. The van der Waals surface area contributed by atoms with Gasteiger partial charge in [0.1, 0.15) is 6.23 Å². The maximum absolute atomic E-state index is 11.4. The van der Waals surface area contributed by atoms with E-state index in [9.17, 15) is 9.90 Å². The number of hydrogen-bond donors (Lipinski definition) is 3. The van der Waals surface area contributed by atoms with Crippen molar-refractivity contribution in [3.05, 3.63) is 23.8 Å². The number of phenols is 1. The molecule has 3 N–H and O–H groups in total. The van der Waals surface area contributed by atoms with Crippen LogP contribution in [0.15, 0.2) is 18.2 Å². The number of methoxy groups -OCH3 is 1. The summed E-state index contributed by atoms with van der Waals surface area (Å²) in [6.07, 6.45) is -0.919. The standard InChI is InChI=1S/C10H13NO4/c1-6(12)11-10(14)7-3-4-8(13)9(5-7)15-2/h3-6,12-13H,1-2H3,(H,11,14)/t6-/m0/s1. The molecule has 1 aromatic carbocycles. The summed E-state index contributed by atoms with van der Waals surface area (Å²) >= 11 is 0. The third-order valence-corrected chi connectivity index (χ3v) is 1.78. The molecule has 1 rings (SSSR count). The van der Waals surface area contributed by atoms with Crippen LogP contribution in [0.5, 0.6) is 11.5 Å². The highest BCUT2D eigenvalue weighted by molar-refractivity contribution is 5.94. The van der Waals surface area contributed by atoms with Gasteiger partial charge >= 0.3 is 0 Å². The predicted molar refractivity (Wildman–Crippen MR) is 53.8 cm³/mol. The van der Waals surface area contributed by atoms with Crippen molar-refractivity contribution in [1.29, 1.82) is 0 Å². The molecule has 0 fully saturated rings. The van der Waals surface area contributed by atoms with Gasteiger partial charge in [0.2, 0.25) is 0 Å². The molecule has 0 bridgehead atoms. The van der Waals surface area contributed by atoms with Crippen molar-refractivity contribution >= 4 is 5.91 Å². The highest BCUT2D eigenvalue weighted by Crippen LogP contribution is 2.26. The second-order valence-corrected chi connectivity index (χ2v) is 3.04. The van der Waals surface area contributed by atoms with E-state index in [1.165, 1.54) is 32.2 Å². The van der Waals surface area contributed by atoms with Gasteiger partial charge in [0, 0.05) is 5.56 Å². The fourth-order valence-electron chi connectivity index (χ4n) is 1.09. The molecule has 0 aliphatic rings. The van der Waals surface area contributed by atoms with E-state index >= 15 is 0 Å². The number of carbonyl (C=O) groups excluding carboxylic acids is 1. The molecule has 5 nitrogen and oxygen atoms in total. The molecule has 0 radical (unpaired) electrons. The van der Waals surface area contributed by atoms with Crippen LogP contribution in [-0.2, 0) is 0 Å². The lowest BCUT2D eigenvalue weighted by Crippen LogP contribution is -2.31. The third kappa shape index (κ3) is 2.85. The molecule has 0 spiro atoms. The smallest absolute Gasteiger partial charge is 0.253 e. The highest BCUT2D eigenvalue weighted by Gasteiger charge is 2.10. The van der Waals surface area contributed by atoms with Crippen molar-refractivity contribution in [2.45, 2.75) is 13.2 Å². The van der Waals surface area contributed by atoms with Crippen molar-refractivity contribution in [3.63, 3.8) is 0 Å². The number of ether oxygens (including phenoxy) is 1. The Kier molecular flexibility index (Phi) is 3.51. The first-order chi connectivity index (χ1) is 7.04. The van der Waals surface area contributed by atoms with Gasteiger partial charge in [-0.3, -0.25) is 4.79 Å². The maximum atomic E-state index is 11.4. The predicted octanol–water partition coefficient (Wildman–Crippen LogP) is 0.469. The molecule has 5 heteroatoms. The number of aliphatic hydroxyl groups is 1. The summed E-state index contributed by atoms with van der Waals surface area (Å²) in [7, 11) is 1.39. The summed E-state index contributed by atoms with van der Waals surface area (Å²) in [5.41, 5.74) is 0.311. The Morgan fingerprint density at radius 2 is 2.20 bits per heavy atom. The Labute approximate surface area is 87.3 Å². The molecule has 15 heavy (non-hydrogen) atoms. The van der Waals surface area contributed by atoms with Crippen LogP contribution in [0.4, 0.5) is 0 Å². The Morgan fingerprint density at radius 3 is 2.73 bits per heavy atom. The molecule has 0 aromatic heterocycles. The van der Waals surface area contributed by atoms with Crippen molar-refractivity contribution < 1.29 is 19.7 Å². The minimum atomic E-state index is -0.919. The average molecular weight is 211 g/mol. The SMILES string of the molecule is COc1cc(C(=O)N[C@H](C)O)ccc1O. The van der Waals surface area contributed by atoms with Gasteiger partial charge in [0.05, 0.1) is 7.11 Å². The number of aromatic hydroxyl groups is 1. The van der Waals surface area contributed by atoms with Crippen LogP contribution in [0.1, 0.15) is 17.3 Å². The van der Waals surface area contributed by atoms with E-state index in [4.69, 9.17) is 9.84 Å². The fourth-order valence-corrected chi connectivity index (χ4v) is 1.09. The number of phenolic OH excluding ortho intramolecular Hbond substituents is 1. The van der Waals surface area contributed by atoms with Crippen molar-refractivity contribution in [3.8, 4) is 11.5 Å². The van der Waals surface area contributed by atoms with Gasteiger partial charge in [-0.15, -0.1) is 0 Å². The zero-order chi connectivity index (χ0) is 11.4. The van der Waals surface area contributed by atoms with Gasteiger partial charge < -0.3 is 20.3 Å². The summed E-state index contributed by atoms with van der Waals surface area (Å²) in [5, 5.41) is 20.6. The van der Waals surface area contributed by atoms with Crippen molar-refractivity contribution in [2.24, 2.45) is 0 Å². The molecule has 1 amide bonds. The highest BCUT2D eigenvalue weighted by atomic mass is 16.5. The Bertz CT molecular complexity index is 362. The number of rotatable bonds is 3. The lowest BCUT2D eigenvalue weighted by atomic mass is 10.2. The quantitative estimate of drug-likeness (QED) is 0.635. The lowest BCUT2D eigenvalue weighted by molar-refractivity contribution is 0.0818. The normalized spacial score (nSPS) is 11.9. The van der Waals surface area contributed by atoms with E-state index in [0.29, 0.717) is 5.56 Å². The molecular weight excluding hydrogens is 198 g/mol. The molecular formula is C10H13NO4. The third-order valence-electron chi connectivity index (χ3n) is 1.78. The van der Waals surface area contributed by atoms with E-state index in [1.807, 2.05) is 0 Å². The molecule has 0 heterocycles. The van der Waals surface area contributed by atoms with E-state index in [1.54, 1.807) is 0 Å². The zero-order valence-electron chi connectivity index (χ0n) is 8.52. The monoisotopic (exact) mass is 211 g/mol. The molecule has 0 saturated carbocycles. The van der Waals surface area contributed by atoms with Gasteiger partial charge in [0.25, 0.3) is 5.91 Å². The minimum Gasteiger partial charge on any atom is -0.504 e. The molecule has 1 aromatic rings. The molecule has 82 valence electrons. The van der Waals surface area contributed by atoms with Crippen LogP contribution in [0.3, 0.4) is 0 Å². The topological polar surface area (TPSA) is 78.8 Å². The number of aliphatic hydroxyl groups excluding tert-OH is 1. The van der Waals surface area contributed by atoms with E-state index < -0.39 is 12.1 Å². The number of amides is 1. The number of benzene rings is 1. The van der Waals surface area contributed by atoms with Crippen LogP contribution >= 0.6 is 0 Å². The summed E-state index contributed by atoms with van der Waals surface area (Å²) in [6, 6.07) is 4.19. The molecule has 1 atom stereocenters. The summed E-state index contributed by atoms with van der Waals surface area (Å²) in [4.78, 5) is 11.4. The largest absolute Gasteiger partial charge is 0.504 e. The van der Waals surface area contributed by atoms with E-state index in [0.717, 1.165) is 0 Å². The number of carbonyl (C=O) groups is 1. The summed E-state index contributed by atoms with van der Waals surface area (Å²) in [6.45, 7) is 1.44. The Balaban J connectivity index is 2.91. The Morgan fingerprint density at radius 1 is 1.53 bits per heavy atom. The molecule has 0 saturated heterocycles. The first-order valence-corrected chi connectivity index (χ1v) is 4.40. The van der Waals surface area contributed by atoms with Crippen LogP contribution < -0.4 is 10.1 Å². The van der Waals surface area contributed by atoms with E-state index in [2.05, 4.69) is 5.32 Å². The van der Waals surface area contributed by atoms with Crippen molar-refractivity contribution in [1.82, 2.24) is 5.32 Å². The molecule has 0 unspecified atom stereocenters. The van der Waals surface area contributed by atoms with Gasteiger partial charge in [0.15, 0.2) is 11.5 Å². The van der Waals surface area contributed by atoms with Gasteiger partial charge in [-0.25, -0.2) is 0 Å². The van der Waals surface area contributed by atoms with Crippen LogP contribution in [0, 0.1) is 0 Å². The van der Waals surface area contributed by atoms with Crippen LogP contribution in [-0.4, -0.2) is 29.5 Å². The first-order valence-electron chi connectivity index (χ1n) is 4.40. The summed E-state index contributed by atoms with van der Waals surface area (Å²) < 4.78 is 4.85. The van der Waals surface area contributed by atoms with Crippen LogP contribution in [0.2, 0.25) is 0 Å². The van der Waals surface area contributed by atoms with Gasteiger partial charge in [-0.2, -0.15) is 0 Å². The summed E-state index contributed by atoms with van der Waals surface area (Å²) in [5.74, 6) is -0.248. The van der Waals surface area contributed by atoms with Gasteiger partial charge in [-0.1, -0.05) is 0 Å². The lowest BCUT2D eigenvalue weighted by Gasteiger charge is -2.09. The van der Waals surface area contributed by atoms with Crippen LogP contribution in [0.25, 0.3) is 0 Å².